The summed E-state index contributed by atoms with van der Waals surface area (Å²) in [5.74, 6) is 0. The number of nitrogens with zero attached hydrogens (tertiary/aromatic N) is 4. The largest absolute Gasteiger partial charge is 0.360 e. The van der Waals surface area contributed by atoms with Crippen LogP contribution in [0.2, 0.25) is 0 Å². The van der Waals surface area contributed by atoms with Gasteiger partial charge in [0.25, 0.3) is 0 Å². The molecule has 0 spiro atoms. The van der Waals surface area contributed by atoms with Crippen LogP contribution in [0.1, 0.15) is 31.7 Å². The van der Waals surface area contributed by atoms with Crippen molar-refractivity contribution in [2.24, 2.45) is 0 Å². The SMILES string of the molecule is CCNc1nnc(CN2CC3CCCN3CC2C)s1. The van der Waals surface area contributed by atoms with Gasteiger partial charge in [0.1, 0.15) is 5.01 Å². The van der Waals surface area contributed by atoms with E-state index in [4.69, 9.17) is 0 Å². The monoisotopic (exact) mass is 281 g/mol. The molecule has 2 aliphatic rings. The van der Waals surface area contributed by atoms with Crippen LogP contribution in [0.25, 0.3) is 0 Å². The molecule has 5 nitrogen and oxygen atoms in total. The van der Waals surface area contributed by atoms with Gasteiger partial charge in [0.2, 0.25) is 5.13 Å². The first kappa shape index (κ1) is 13.3. The van der Waals surface area contributed by atoms with E-state index in [0.29, 0.717) is 6.04 Å². The maximum absolute atomic E-state index is 4.30. The maximum atomic E-state index is 4.30. The van der Waals surface area contributed by atoms with E-state index in [9.17, 15) is 0 Å². The molecule has 0 bridgehead atoms. The van der Waals surface area contributed by atoms with Crippen LogP contribution in [0, 0.1) is 0 Å². The predicted molar refractivity (Wildman–Crippen MR) is 78.5 cm³/mol. The van der Waals surface area contributed by atoms with Gasteiger partial charge in [-0.25, -0.2) is 0 Å². The van der Waals surface area contributed by atoms with Crippen molar-refractivity contribution in [2.45, 2.75) is 45.3 Å². The Morgan fingerprint density at radius 1 is 1.37 bits per heavy atom. The van der Waals surface area contributed by atoms with Gasteiger partial charge in [-0.2, -0.15) is 0 Å². The van der Waals surface area contributed by atoms with Crippen molar-refractivity contribution < 1.29 is 0 Å². The van der Waals surface area contributed by atoms with Gasteiger partial charge in [-0.15, -0.1) is 10.2 Å². The molecule has 1 N–H and O–H groups in total. The quantitative estimate of drug-likeness (QED) is 0.909. The van der Waals surface area contributed by atoms with E-state index >= 15 is 0 Å². The molecule has 2 unspecified atom stereocenters. The van der Waals surface area contributed by atoms with Gasteiger partial charge in [-0.05, 0) is 33.2 Å². The van der Waals surface area contributed by atoms with E-state index in [0.717, 1.165) is 29.3 Å². The smallest absolute Gasteiger partial charge is 0.205 e. The minimum absolute atomic E-state index is 0.626. The van der Waals surface area contributed by atoms with Gasteiger partial charge in [-0.3, -0.25) is 9.80 Å². The zero-order valence-electron chi connectivity index (χ0n) is 11.8. The summed E-state index contributed by atoms with van der Waals surface area (Å²) in [4.78, 5) is 5.23. The molecule has 3 heterocycles. The minimum Gasteiger partial charge on any atom is -0.360 e. The number of hydrogen-bond acceptors (Lipinski definition) is 6. The lowest BCUT2D eigenvalue weighted by Crippen LogP contribution is -2.54. The molecular weight excluding hydrogens is 258 g/mol. The van der Waals surface area contributed by atoms with Crippen molar-refractivity contribution >= 4 is 16.5 Å². The molecule has 0 saturated carbocycles. The Hall–Kier alpha value is -0.720. The van der Waals surface area contributed by atoms with Gasteiger partial charge < -0.3 is 5.32 Å². The fraction of sp³-hybridized carbons (Fsp3) is 0.846. The molecule has 6 heteroatoms. The van der Waals surface area contributed by atoms with Crippen LogP contribution in [0.5, 0.6) is 0 Å². The lowest BCUT2D eigenvalue weighted by atomic mass is 10.1. The van der Waals surface area contributed by atoms with Crippen LogP contribution in [0.4, 0.5) is 5.13 Å². The highest BCUT2D eigenvalue weighted by Crippen LogP contribution is 2.26. The van der Waals surface area contributed by atoms with Crippen molar-refractivity contribution in [2.75, 3.05) is 31.5 Å². The van der Waals surface area contributed by atoms with Gasteiger partial charge in [0, 0.05) is 31.7 Å². The molecule has 106 valence electrons. The lowest BCUT2D eigenvalue weighted by molar-refractivity contribution is 0.0538. The van der Waals surface area contributed by atoms with E-state index in [1.54, 1.807) is 11.3 Å². The highest BCUT2D eigenvalue weighted by Gasteiger charge is 2.34. The Kier molecular flexibility index (Phi) is 4.00. The topological polar surface area (TPSA) is 44.3 Å². The summed E-state index contributed by atoms with van der Waals surface area (Å²) in [5, 5.41) is 13.8. The highest BCUT2D eigenvalue weighted by atomic mass is 32.1. The summed E-state index contributed by atoms with van der Waals surface area (Å²) in [5.41, 5.74) is 0. The van der Waals surface area contributed by atoms with Crippen molar-refractivity contribution in [3.05, 3.63) is 5.01 Å². The number of anilines is 1. The zero-order valence-corrected chi connectivity index (χ0v) is 12.6. The second-order valence-electron chi connectivity index (χ2n) is 5.60. The molecule has 2 fully saturated rings. The Bertz CT molecular complexity index is 421. The third kappa shape index (κ3) is 2.90. The van der Waals surface area contributed by atoms with Crippen LogP contribution in [-0.4, -0.2) is 58.3 Å². The molecule has 1 aromatic heterocycles. The third-order valence-corrected chi connectivity index (χ3v) is 5.07. The van der Waals surface area contributed by atoms with Crippen molar-refractivity contribution in [3.8, 4) is 0 Å². The molecule has 1 aromatic rings. The summed E-state index contributed by atoms with van der Waals surface area (Å²) in [6.45, 7) is 9.98. The Balaban J connectivity index is 1.61. The molecule has 19 heavy (non-hydrogen) atoms. The molecule has 0 amide bonds. The first-order valence-electron chi connectivity index (χ1n) is 7.30. The molecule has 2 saturated heterocycles. The highest BCUT2D eigenvalue weighted by molar-refractivity contribution is 7.15. The fourth-order valence-electron chi connectivity index (χ4n) is 3.18. The molecule has 0 aliphatic carbocycles. The first-order chi connectivity index (χ1) is 9.26. The van der Waals surface area contributed by atoms with E-state index < -0.39 is 0 Å². The Morgan fingerprint density at radius 2 is 2.26 bits per heavy atom. The summed E-state index contributed by atoms with van der Waals surface area (Å²) in [6, 6.07) is 1.40. The average Bonchev–Trinajstić information content (AvgIpc) is 2.99. The number of fused-ring (bicyclic) bond motifs is 1. The number of hydrogen-bond donors (Lipinski definition) is 1. The third-order valence-electron chi connectivity index (χ3n) is 4.20. The van der Waals surface area contributed by atoms with Crippen LogP contribution >= 0.6 is 11.3 Å². The molecule has 2 atom stereocenters. The standard InChI is InChI=1S/C13H23N5S/c1-3-14-13-16-15-12(19-13)9-18-8-11-5-4-6-17(11)7-10(18)2/h10-11H,3-9H2,1-2H3,(H,14,16). The average molecular weight is 281 g/mol. The lowest BCUT2D eigenvalue weighted by Gasteiger charge is -2.41. The Labute approximate surface area is 119 Å². The van der Waals surface area contributed by atoms with E-state index in [2.05, 4.69) is 39.2 Å². The molecular formula is C13H23N5S. The number of nitrogens with one attached hydrogen (secondary N) is 1. The normalized spacial score (nSPS) is 28.5. The van der Waals surface area contributed by atoms with Gasteiger partial charge in [0.05, 0.1) is 6.54 Å². The molecule has 3 rings (SSSR count). The van der Waals surface area contributed by atoms with Crippen LogP contribution < -0.4 is 5.32 Å². The molecule has 2 aliphatic heterocycles. The van der Waals surface area contributed by atoms with Gasteiger partial charge in [-0.1, -0.05) is 11.3 Å². The van der Waals surface area contributed by atoms with E-state index in [-0.39, 0.29) is 0 Å². The summed E-state index contributed by atoms with van der Waals surface area (Å²) in [6.07, 6.45) is 2.73. The van der Waals surface area contributed by atoms with Crippen LogP contribution in [-0.2, 0) is 6.54 Å². The predicted octanol–water partition coefficient (Wildman–Crippen LogP) is 1.64. The van der Waals surface area contributed by atoms with E-state index in [1.807, 2.05) is 0 Å². The zero-order chi connectivity index (χ0) is 13.2. The van der Waals surface area contributed by atoms with E-state index in [1.165, 1.54) is 32.5 Å². The maximum Gasteiger partial charge on any atom is 0.205 e. The van der Waals surface area contributed by atoms with Crippen molar-refractivity contribution in [1.29, 1.82) is 0 Å². The fourth-order valence-corrected chi connectivity index (χ4v) is 4.02. The van der Waals surface area contributed by atoms with Crippen molar-refractivity contribution in [3.63, 3.8) is 0 Å². The molecule has 0 radical (unpaired) electrons. The Morgan fingerprint density at radius 3 is 3.11 bits per heavy atom. The number of rotatable bonds is 4. The van der Waals surface area contributed by atoms with Crippen molar-refractivity contribution in [1.82, 2.24) is 20.0 Å². The van der Waals surface area contributed by atoms with Gasteiger partial charge in [0.15, 0.2) is 0 Å². The summed E-state index contributed by atoms with van der Waals surface area (Å²) >= 11 is 1.69. The second kappa shape index (κ2) is 5.73. The van der Waals surface area contributed by atoms with Gasteiger partial charge >= 0.3 is 0 Å². The summed E-state index contributed by atoms with van der Waals surface area (Å²) < 4.78 is 0. The second-order valence-corrected chi connectivity index (χ2v) is 6.66. The summed E-state index contributed by atoms with van der Waals surface area (Å²) in [7, 11) is 0. The number of piperazine rings is 1. The van der Waals surface area contributed by atoms with Crippen LogP contribution in [0.15, 0.2) is 0 Å². The number of aromatic nitrogens is 2. The van der Waals surface area contributed by atoms with Crippen LogP contribution in [0.3, 0.4) is 0 Å². The molecule has 0 aromatic carbocycles. The minimum atomic E-state index is 0.626. The first-order valence-corrected chi connectivity index (χ1v) is 8.12.